The van der Waals surface area contributed by atoms with Gasteiger partial charge in [0.25, 0.3) is 0 Å². The zero-order chi connectivity index (χ0) is 11.1. The topological polar surface area (TPSA) is 29.3 Å². The Labute approximate surface area is 95.2 Å². The Bertz CT molecular complexity index is 159. The van der Waals surface area contributed by atoms with Gasteiger partial charge in [-0.05, 0) is 32.2 Å². The highest BCUT2D eigenvalue weighted by Crippen LogP contribution is 2.19. The van der Waals surface area contributed by atoms with Gasteiger partial charge in [-0.25, -0.2) is 0 Å². The molecule has 0 aromatic heterocycles. The van der Waals surface area contributed by atoms with Crippen LogP contribution in [0.1, 0.15) is 58.8 Å². The summed E-state index contributed by atoms with van der Waals surface area (Å²) in [5, 5.41) is 0. The molecular formula is C13H28N2. The summed E-state index contributed by atoms with van der Waals surface area (Å²) in [5.41, 5.74) is 6.05. The lowest BCUT2D eigenvalue weighted by Crippen LogP contribution is -2.47. The van der Waals surface area contributed by atoms with Crippen LogP contribution in [0.2, 0.25) is 0 Å². The molecule has 2 atom stereocenters. The van der Waals surface area contributed by atoms with Crippen molar-refractivity contribution >= 4 is 0 Å². The molecule has 0 radical (unpaired) electrons. The number of likely N-dealkylation sites (tertiary alicyclic amines) is 1. The highest BCUT2D eigenvalue weighted by atomic mass is 15.2. The Kier molecular flexibility index (Phi) is 6.26. The number of unbranched alkanes of at least 4 members (excludes halogenated alkanes) is 1. The van der Waals surface area contributed by atoms with Gasteiger partial charge in [0.2, 0.25) is 0 Å². The van der Waals surface area contributed by atoms with Gasteiger partial charge in [0, 0.05) is 18.6 Å². The van der Waals surface area contributed by atoms with Crippen molar-refractivity contribution in [1.29, 1.82) is 0 Å². The molecule has 2 heteroatoms. The van der Waals surface area contributed by atoms with Crippen molar-refractivity contribution in [1.82, 2.24) is 4.90 Å². The van der Waals surface area contributed by atoms with Crippen LogP contribution in [0, 0.1) is 0 Å². The maximum absolute atomic E-state index is 6.05. The minimum Gasteiger partial charge on any atom is -0.327 e. The number of piperidine rings is 1. The van der Waals surface area contributed by atoms with Crippen LogP contribution in [0.4, 0.5) is 0 Å². The molecule has 0 aromatic rings. The van der Waals surface area contributed by atoms with Crippen LogP contribution >= 0.6 is 0 Å². The first kappa shape index (κ1) is 13.0. The molecule has 0 spiro atoms. The molecule has 1 aliphatic heterocycles. The van der Waals surface area contributed by atoms with Crippen molar-refractivity contribution in [3.63, 3.8) is 0 Å². The lowest BCUT2D eigenvalue weighted by molar-refractivity contribution is 0.132. The Morgan fingerprint density at radius 3 is 2.67 bits per heavy atom. The molecule has 0 aliphatic carbocycles. The molecule has 1 fully saturated rings. The van der Waals surface area contributed by atoms with E-state index in [1.165, 1.54) is 51.5 Å². The van der Waals surface area contributed by atoms with Crippen LogP contribution in [-0.2, 0) is 0 Å². The molecule has 90 valence electrons. The van der Waals surface area contributed by atoms with E-state index >= 15 is 0 Å². The van der Waals surface area contributed by atoms with Crippen molar-refractivity contribution < 1.29 is 0 Å². The molecule has 2 nitrogen and oxygen atoms in total. The smallest absolute Gasteiger partial charge is 0.0168 e. The lowest BCUT2D eigenvalue weighted by Gasteiger charge is -2.37. The van der Waals surface area contributed by atoms with Gasteiger partial charge in [0.05, 0.1) is 0 Å². The van der Waals surface area contributed by atoms with Crippen molar-refractivity contribution in [3.8, 4) is 0 Å². The fourth-order valence-electron chi connectivity index (χ4n) is 2.65. The second-order valence-corrected chi connectivity index (χ2v) is 4.98. The third kappa shape index (κ3) is 4.52. The van der Waals surface area contributed by atoms with Gasteiger partial charge >= 0.3 is 0 Å². The van der Waals surface area contributed by atoms with E-state index in [0.29, 0.717) is 6.04 Å². The van der Waals surface area contributed by atoms with Crippen LogP contribution in [0.25, 0.3) is 0 Å². The predicted octanol–water partition coefficient (Wildman–Crippen LogP) is 2.77. The standard InChI is InChI=1S/C13H28N2/c1-3-5-9-13(7-4-2)15-10-6-8-12(14)11-15/h12-13H,3-11,14H2,1-2H3. The average Bonchev–Trinajstić information content (AvgIpc) is 2.24. The average molecular weight is 212 g/mol. The van der Waals surface area contributed by atoms with E-state index in [2.05, 4.69) is 18.7 Å². The summed E-state index contributed by atoms with van der Waals surface area (Å²) < 4.78 is 0. The third-order valence-corrected chi connectivity index (χ3v) is 3.52. The van der Waals surface area contributed by atoms with Crippen LogP contribution in [0.3, 0.4) is 0 Å². The van der Waals surface area contributed by atoms with E-state index in [4.69, 9.17) is 5.73 Å². The highest BCUT2D eigenvalue weighted by molar-refractivity contribution is 4.80. The fourth-order valence-corrected chi connectivity index (χ4v) is 2.65. The van der Waals surface area contributed by atoms with Gasteiger partial charge in [0.15, 0.2) is 0 Å². The molecule has 0 aromatic carbocycles. The van der Waals surface area contributed by atoms with Gasteiger partial charge in [-0.15, -0.1) is 0 Å². The summed E-state index contributed by atoms with van der Waals surface area (Å²) in [7, 11) is 0. The normalized spacial score (nSPS) is 25.4. The summed E-state index contributed by atoms with van der Waals surface area (Å²) in [6.07, 6.45) is 9.25. The van der Waals surface area contributed by atoms with E-state index in [1.54, 1.807) is 0 Å². The molecular weight excluding hydrogens is 184 g/mol. The largest absolute Gasteiger partial charge is 0.327 e. The molecule has 0 amide bonds. The first-order valence-corrected chi connectivity index (χ1v) is 6.77. The highest BCUT2D eigenvalue weighted by Gasteiger charge is 2.22. The second kappa shape index (κ2) is 7.24. The second-order valence-electron chi connectivity index (χ2n) is 4.98. The molecule has 15 heavy (non-hydrogen) atoms. The van der Waals surface area contributed by atoms with Gasteiger partial charge in [-0.2, -0.15) is 0 Å². The van der Waals surface area contributed by atoms with Crippen LogP contribution in [0.5, 0.6) is 0 Å². The SMILES string of the molecule is CCCCC(CCC)N1CCCC(N)C1. The van der Waals surface area contributed by atoms with Gasteiger partial charge < -0.3 is 5.73 Å². The van der Waals surface area contributed by atoms with Crippen molar-refractivity contribution in [2.24, 2.45) is 5.73 Å². The summed E-state index contributed by atoms with van der Waals surface area (Å²) >= 11 is 0. The number of hydrogen-bond acceptors (Lipinski definition) is 2. The Morgan fingerprint density at radius 1 is 1.27 bits per heavy atom. The first-order valence-electron chi connectivity index (χ1n) is 6.77. The quantitative estimate of drug-likeness (QED) is 0.733. The monoisotopic (exact) mass is 212 g/mol. The van der Waals surface area contributed by atoms with E-state index in [9.17, 15) is 0 Å². The minimum absolute atomic E-state index is 0.430. The Hall–Kier alpha value is -0.0800. The molecule has 1 rings (SSSR count). The van der Waals surface area contributed by atoms with E-state index in [-0.39, 0.29) is 0 Å². The summed E-state index contributed by atoms with van der Waals surface area (Å²) in [6.45, 7) is 6.99. The van der Waals surface area contributed by atoms with Crippen molar-refractivity contribution in [2.75, 3.05) is 13.1 Å². The Morgan fingerprint density at radius 2 is 2.07 bits per heavy atom. The van der Waals surface area contributed by atoms with Gasteiger partial charge in [0.1, 0.15) is 0 Å². The molecule has 0 bridgehead atoms. The predicted molar refractivity (Wildman–Crippen MR) is 67.0 cm³/mol. The minimum atomic E-state index is 0.430. The number of hydrogen-bond donors (Lipinski definition) is 1. The number of nitrogens with zero attached hydrogens (tertiary/aromatic N) is 1. The van der Waals surface area contributed by atoms with E-state index < -0.39 is 0 Å². The zero-order valence-corrected chi connectivity index (χ0v) is 10.5. The summed E-state index contributed by atoms with van der Waals surface area (Å²) in [4.78, 5) is 2.65. The lowest BCUT2D eigenvalue weighted by atomic mass is 9.98. The summed E-state index contributed by atoms with van der Waals surface area (Å²) in [5.74, 6) is 0. The molecule has 1 aliphatic rings. The number of rotatable bonds is 6. The first-order chi connectivity index (χ1) is 7.27. The third-order valence-electron chi connectivity index (χ3n) is 3.52. The van der Waals surface area contributed by atoms with Gasteiger partial charge in [-0.3, -0.25) is 4.90 Å². The number of nitrogens with two attached hydrogens (primary N) is 1. The van der Waals surface area contributed by atoms with Crippen LogP contribution in [0.15, 0.2) is 0 Å². The maximum atomic E-state index is 6.05. The van der Waals surface area contributed by atoms with Crippen LogP contribution < -0.4 is 5.73 Å². The maximum Gasteiger partial charge on any atom is 0.0168 e. The van der Waals surface area contributed by atoms with Crippen molar-refractivity contribution in [2.45, 2.75) is 70.9 Å². The molecule has 1 heterocycles. The van der Waals surface area contributed by atoms with Crippen molar-refractivity contribution in [3.05, 3.63) is 0 Å². The van der Waals surface area contributed by atoms with E-state index in [1.807, 2.05) is 0 Å². The van der Waals surface area contributed by atoms with Gasteiger partial charge in [-0.1, -0.05) is 33.1 Å². The van der Waals surface area contributed by atoms with Crippen LogP contribution in [-0.4, -0.2) is 30.1 Å². The summed E-state index contributed by atoms with van der Waals surface area (Å²) in [6, 6.07) is 1.24. The molecule has 2 N–H and O–H groups in total. The molecule has 2 unspecified atom stereocenters. The molecule has 1 saturated heterocycles. The Balaban J connectivity index is 2.38. The zero-order valence-electron chi connectivity index (χ0n) is 10.5. The molecule has 0 saturated carbocycles. The fraction of sp³-hybridized carbons (Fsp3) is 1.00. The van der Waals surface area contributed by atoms with E-state index in [0.717, 1.165) is 12.6 Å².